The molecule has 0 aromatic rings. The SMILES string of the molecule is CC=O.C\C=C/N=C1\C(=C/C)N=C(C)N1C. The van der Waals surface area contributed by atoms with Crippen molar-refractivity contribution in [2.45, 2.75) is 27.7 Å². The van der Waals surface area contributed by atoms with Crippen molar-refractivity contribution in [1.29, 1.82) is 0 Å². The zero-order chi connectivity index (χ0) is 12.6. The monoisotopic (exact) mass is 221 g/mol. The van der Waals surface area contributed by atoms with Crippen molar-refractivity contribution >= 4 is 18.0 Å². The van der Waals surface area contributed by atoms with Crippen molar-refractivity contribution in [2.75, 3.05) is 7.05 Å². The molecule has 88 valence electrons. The molecule has 0 fully saturated rings. The quantitative estimate of drug-likeness (QED) is 0.638. The summed E-state index contributed by atoms with van der Waals surface area (Å²) >= 11 is 0. The van der Waals surface area contributed by atoms with E-state index in [-0.39, 0.29) is 0 Å². The first-order valence-corrected chi connectivity index (χ1v) is 5.16. The van der Waals surface area contributed by atoms with Crippen LogP contribution in [-0.2, 0) is 4.79 Å². The molecule has 0 saturated carbocycles. The molecule has 1 aliphatic heterocycles. The van der Waals surface area contributed by atoms with Crippen LogP contribution in [0.5, 0.6) is 0 Å². The summed E-state index contributed by atoms with van der Waals surface area (Å²) in [6.07, 6.45) is 6.40. The van der Waals surface area contributed by atoms with Gasteiger partial charge in [0, 0.05) is 13.2 Å². The van der Waals surface area contributed by atoms with Crippen LogP contribution in [-0.4, -0.2) is 29.9 Å². The van der Waals surface area contributed by atoms with Crippen LogP contribution in [0.2, 0.25) is 0 Å². The molecule has 0 aliphatic carbocycles. The van der Waals surface area contributed by atoms with Crippen LogP contribution in [0.15, 0.2) is 34.0 Å². The minimum atomic E-state index is 0.750. The van der Waals surface area contributed by atoms with Crippen molar-refractivity contribution in [3.63, 3.8) is 0 Å². The normalized spacial score (nSPS) is 20.1. The van der Waals surface area contributed by atoms with E-state index in [0.717, 1.165) is 23.7 Å². The maximum Gasteiger partial charge on any atom is 0.159 e. The van der Waals surface area contributed by atoms with Crippen LogP contribution in [0, 0.1) is 0 Å². The van der Waals surface area contributed by atoms with Crippen LogP contribution in [0.3, 0.4) is 0 Å². The molecule has 1 heterocycles. The van der Waals surface area contributed by atoms with Crippen LogP contribution < -0.4 is 0 Å². The van der Waals surface area contributed by atoms with Gasteiger partial charge in [-0.05, 0) is 27.7 Å². The van der Waals surface area contributed by atoms with Crippen LogP contribution >= 0.6 is 0 Å². The second kappa shape index (κ2) is 7.56. The Morgan fingerprint density at radius 3 is 2.31 bits per heavy atom. The molecule has 0 saturated heterocycles. The van der Waals surface area contributed by atoms with Gasteiger partial charge < -0.3 is 9.69 Å². The van der Waals surface area contributed by atoms with Gasteiger partial charge in [0.2, 0.25) is 0 Å². The van der Waals surface area contributed by atoms with Crippen molar-refractivity contribution in [1.82, 2.24) is 4.90 Å². The summed E-state index contributed by atoms with van der Waals surface area (Å²) in [7, 11) is 1.97. The number of aldehydes is 1. The molecule has 0 unspecified atom stereocenters. The number of nitrogens with zero attached hydrogens (tertiary/aromatic N) is 3. The summed E-state index contributed by atoms with van der Waals surface area (Å²) in [6, 6.07) is 0. The third-order valence-electron chi connectivity index (χ3n) is 1.93. The number of aliphatic imine (C=N–C) groups is 2. The highest BCUT2D eigenvalue weighted by molar-refractivity contribution is 6.14. The standard InChI is InChI=1S/C10H15N3.C2H4O/c1-5-7-11-10-9(6-2)12-8(3)13(10)4;1-2-3/h5-7H,1-4H3;2H,1H3/b7-5-,9-6+,11-10+;. The third kappa shape index (κ3) is 3.81. The highest BCUT2D eigenvalue weighted by Crippen LogP contribution is 2.14. The van der Waals surface area contributed by atoms with Gasteiger partial charge in [-0.15, -0.1) is 0 Å². The molecule has 0 radical (unpaired) electrons. The lowest BCUT2D eigenvalue weighted by atomic mass is 10.4. The molecule has 0 aromatic carbocycles. The van der Waals surface area contributed by atoms with Gasteiger partial charge in [0.25, 0.3) is 0 Å². The molecule has 0 atom stereocenters. The number of carbonyl (C=O) groups excluding carboxylic acids is 1. The molecule has 0 N–H and O–H groups in total. The fraction of sp³-hybridized carbons (Fsp3) is 0.417. The number of carbonyl (C=O) groups is 1. The first kappa shape index (κ1) is 14.3. The molecular weight excluding hydrogens is 202 g/mol. The number of hydrogen-bond acceptors (Lipinski definition) is 3. The molecular formula is C12H19N3O. The number of rotatable bonds is 1. The van der Waals surface area contributed by atoms with Gasteiger partial charge in [0.15, 0.2) is 5.84 Å². The van der Waals surface area contributed by atoms with Gasteiger partial charge in [-0.25, -0.2) is 9.98 Å². The summed E-state index contributed by atoms with van der Waals surface area (Å²) in [4.78, 5) is 19.5. The fourth-order valence-corrected chi connectivity index (χ4v) is 1.12. The fourth-order valence-electron chi connectivity index (χ4n) is 1.12. The molecule has 0 amide bonds. The largest absolute Gasteiger partial charge is 0.316 e. The molecule has 4 nitrogen and oxygen atoms in total. The Kier molecular flexibility index (Phi) is 6.76. The molecule has 1 rings (SSSR count). The smallest absolute Gasteiger partial charge is 0.159 e. The van der Waals surface area contributed by atoms with E-state index in [1.165, 1.54) is 6.92 Å². The number of likely N-dealkylation sites (N-methyl/N-ethyl adjacent to an activating group) is 1. The van der Waals surface area contributed by atoms with Crippen LogP contribution in [0.4, 0.5) is 0 Å². The Labute approximate surface area is 97.1 Å². The molecule has 4 heteroatoms. The predicted molar refractivity (Wildman–Crippen MR) is 68.6 cm³/mol. The van der Waals surface area contributed by atoms with E-state index in [1.807, 2.05) is 44.9 Å². The third-order valence-corrected chi connectivity index (χ3v) is 1.93. The highest BCUT2D eigenvalue weighted by Gasteiger charge is 2.19. The van der Waals surface area contributed by atoms with Gasteiger partial charge in [-0.2, -0.15) is 0 Å². The zero-order valence-electron chi connectivity index (χ0n) is 10.6. The Balaban J connectivity index is 0.000000673. The molecule has 0 bridgehead atoms. The molecule has 1 aliphatic rings. The predicted octanol–water partition coefficient (Wildman–Crippen LogP) is 2.39. The van der Waals surface area contributed by atoms with Gasteiger partial charge in [-0.3, -0.25) is 0 Å². The number of hydrogen-bond donors (Lipinski definition) is 0. The minimum Gasteiger partial charge on any atom is -0.316 e. The van der Waals surface area contributed by atoms with Crippen molar-refractivity contribution < 1.29 is 4.79 Å². The number of allylic oxidation sites excluding steroid dienone is 2. The van der Waals surface area contributed by atoms with E-state index in [0.29, 0.717) is 0 Å². The van der Waals surface area contributed by atoms with Crippen molar-refractivity contribution in [3.8, 4) is 0 Å². The molecule has 16 heavy (non-hydrogen) atoms. The zero-order valence-corrected chi connectivity index (χ0v) is 10.6. The molecule has 0 spiro atoms. The van der Waals surface area contributed by atoms with Gasteiger partial charge in [0.05, 0.1) is 0 Å². The second-order valence-corrected chi connectivity index (χ2v) is 3.06. The lowest BCUT2D eigenvalue weighted by Gasteiger charge is -2.10. The summed E-state index contributed by atoms with van der Waals surface area (Å²) in [5.74, 6) is 1.90. The number of amidine groups is 2. The van der Waals surface area contributed by atoms with E-state index in [1.54, 1.807) is 6.20 Å². The van der Waals surface area contributed by atoms with Gasteiger partial charge in [-0.1, -0.05) is 12.2 Å². The van der Waals surface area contributed by atoms with Gasteiger partial charge in [0.1, 0.15) is 17.8 Å². The van der Waals surface area contributed by atoms with E-state index in [4.69, 9.17) is 4.79 Å². The molecule has 0 aromatic heterocycles. The Morgan fingerprint density at radius 2 is 1.88 bits per heavy atom. The topological polar surface area (TPSA) is 45.0 Å². The summed E-state index contributed by atoms with van der Waals surface area (Å²) in [6.45, 7) is 7.33. The Bertz CT molecular complexity index is 351. The summed E-state index contributed by atoms with van der Waals surface area (Å²) in [5, 5.41) is 0. The van der Waals surface area contributed by atoms with Gasteiger partial charge >= 0.3 is 0 Å². The first-order valence-electron chi connectivity index (χ1n) is 5.16. The second-order valence-electron chi connectivity index (χ2n) is 3.06. The van der Waals surface area contributed by atoms with E-state index in [9.17, 15) is 0 Å². The summed E-state index contributed by atoms with van der Waals surface area (Å²) < 4.78 is 0. The highest BCUT2D eigenvalue weighted by atomic mass is 16.1. The van der Waals surface area contributed by atoms with Crippen molar-refractivity contribution in [2.24, 2.45) is 9.98 Å². The van der Waals surface area contributed by atoms with Crippen LogP contribution in [0.25, 0.3) is 0 Å². The van der Waals surface area contributed by atoms with E-state index in [2.05, 4.69) is 9.98 Å². The average molecular weight is 221 g/mol. The van der Waals surface area contributed by atoms with Crippen molar-refractivity contribution in [3.05, 3.63) is 24.0 Å². The van der Waals surface area contributed by atoms with E-state index < -0.39 is 0 Å². The lowest BCUT2D eigenvalue weighted by molar-refractivity contribution is -0.106. The first-order chi connectivity index (χ1) is 7.62. The average Bonchev–Trinajstić information content (AvgIpc) is 2.54. The Hall–Kier alpha value is -1.71. The maximum absolute atomic E-state index is 8.81. The van der Waals surface area contributed by atoms with E-state index >= 15 is 0 Å². The maximum atomic E-state index is 8.81. The van der Waals surface area contributed by atoms with Crippen LogP contribution in [0.1, 0.15) is 27.7 Å². The minimum absolute atomic E-state index is 0.750. The summed E-state index contributed by atoms with van der Waals surface area (Å²) in [5.41, 5.74) is 0.943. The Morgan fingerprint density at radius 1 is 1.31 bits per heavy atom. The lowest BCUT2D eigenvalue weighted by Crippen LogP contribution is -2.25.